The molecular formula is C20H17ClN2O6. The van der Waals surface area contributed by atoms with Crippen molar-refractivity contribution >= 4 is 40.6 Å². The van der Waals surface area contributed by atoms with E-state index in [1.807, 2.05) is 0 Å². The molecule has 0 saturated carbocycles. The number of carbonyl (C=O) groups excluding carboxylic acids is 3. The van der Waals surface area contributed by atoms with E-state index in [9.17, 15) is 24.5 Å². The summed E-state index contributed by atoms with van der Waals surface area (Å²) in [4.78, 5) is 48.7. The van der Waals surface area contributed by atoms with Crippen LogP contribution in [0.15, 0.2) is 36.4 Å². The number of anilines is 1. The molecule has 1 heterocycles. The first-order valence-corrected chi connectivity index (χ1v) is 9.17. The van der Waals surface area contributed by atoms with Crippen molar-refractivity contribution in [3.05, 3.63) is 68.2 Å². The molecule has 3 rings (SSSR count). The second-order valence-electron chi connectivity index (χ2n) is 6.59. The van der Waals surface area contributed by atoms with Gasteiger partial charge in [0.25, 0.3) is 5.69 Å². The molecule has 0 spiro atoms. The Balaban J connectivity index is 1.77. The zero-order valence-corrected chi connectivity index (χ0v) is 16.4. The number of ether oxygens (including phenoxy) is 1. The monoisotopic (exact) mass is 416 g/mol. The van der Waals surface area contributed by atoms with E-state index in [0.29, 0.717) is 18.5 Å². The quantitative estimate of drug-likeness (QED) is 0.319. The topological polar surface area (TPSA) is 107 Å². The largest absolute Gasteiger partial charge is 0.450 e. The van der Waals surface area contributed by atoms with Crippen molar-refractivity contribution < 1.29 is 24.0 Å². The van der Waals surface area contributed by atoms with E-state index in [2.05, 4.69) is 0 Å². The third kappa shape index (κ3) is 4.12. The number of hydrogen-bond acceptors (Lipinski definition) is 6. The molecule has 0 aromatic heterocycles. The molecule has 1 aliphatic heterocycles. The molecule has 0 radical (unpaired) electrons. The van der Waals surface area contributed by atoms with Crippen LogP contribution in [0.4, 0.5) is 11.4 Å². The van der Waals surface area contributed by atoms with Gasteiger partial charge in [-0.05, 0) is 49.2 Å². The Labute approximate surface area is 171 Å². The number of nitro benzene ring substituents is 1. The normalized spacial score (nSPS) is 13.6. The van der Waals surface area contributed by atoms with Crippen LogP contribution in [-0.2, 0) is 16.0 Å². The Morgan fingerprint density at radius 2 is 1.93 bits per heavy atom. The SMILES string of the molecule is CC(=O)N1CCc2cc(C(=O)[C@H](C)OC(=O)c3ccc(Cl)cc3[N+](=O)[O-])ccc21. The summed E-state index contributed by atoms with van der Waals surface area (Å²) in [7, 11) is 0. The lowest BCUT2D eigenvalue weighted by Crippen LogP contribution is -2.26. The van der Waals surface area contributed by atoms with Crippen LogP contribution < -0.4 is 4.90 Å². The van der Waals surface area contributed by atoms with Crippen LogP contribution in [0.5, 0.6) is 0 Å². The van der Waals surface area contributed by atoms with Gasteiger partial charge in [0.1, 0.15) is 5.56 Å². The number of nitro groups is 1. The average molecular weight is 417 g/mol. The van der Waals surface area contributed by atoms with Crippen molar-refractivity contribution in [1.82, 2.24) is 0 Å². The van der Waals surface area contributed by atoms with E-state index in [-0.39, 0.29) is 16.5 Å². The van der Waals surface area contributed by atoms with E-state index in [1.54, 1.807) is 23.1 Å². The lowest BCUT2D eigenvalue weighted by molar-refractivity contribution is -0.385. The van der Waals surface area contributed by atoms with Gasteiger partial charge in [-0.2, -0.15) is 0 Å². The molecule has 8 nitrogen and oxygen atoms in total. The zero-order chi connectivity index (χ0) is 21.3. The summed E-state index contributed by atoms with van der Waals surface area (Å²) in [6.07, 6.45) is -0.526. The number of esters is 1. The minimum Gasteiger partial charge on any atom is -0.450 e. The highest BCUT2D eigenvalue weighted by atomic mass is 35.5. The lowest BCUT2D eigenvalue weighted by Gasteiger charge is -2.16. The minimum absolute atomic E-state index is 0.0744. The molecule has 1 atom stereocenters. The van der Waals surface area contributed by atoms with E-state index < -0.39 is 28.5 Å². The maximum absolute atomic E-state index is 12.7. The molecular weight excluding hydrogens is 400 g/mol. The first-order chi connectivity index (χ1) is 13.7. The summed E-state index contributed by atoms with van der Waals surface area (Å²) >= 11 is 5.74. The second-order valence-corrected chi connectivity index (χ2v) is 7.03. The van der Waals surface area contributed by atoms with Gasteiger partial charge in [-0.15, -0.1) is 0 Å². The summed E-state index contributed by atoms with van der Waals surface area (Å²) in [5.41, 5.74) is 1.17. The van der Waals surface area contributed by atoms with Gasteiger partial charge in [0.2, 0.25) is 11.7 Å². The summed E-state index contributed by atoms with van der Waals surface area (Å²) in [6.45, 7) is 3.43. The number of amides is 1. The smallest absolute Gasteiger partial charge is 0.345 e. The molecule has 29 heavy (non-hydrogen) atoms. The predicted octanol–water partition coefficient (Wildman–Crippen LogP) is 3.59. The highest BCUT2D eigenvalue weighted by Gasteiger charge is 2.28. The fourth-order valence-corrected chi connectivity index (χ4v) is 3.39. The van der Waals surface area contributed by atoms with Crippen molar-refractivity contribution in [1.29, 1.82) is 0 Å². The van der Waals surface area contributed by atoms with Crippen LogP contribution in [0.2, 0.25) is 5.02 Å². The van der Waals surface area contributed by atoms with Crippen LogP contribution in [0, 0.1) is 10.1 Å². The number of carbonyl (C=O) groups is 3. The summed E-state index contributed by atoms with van der Waals surface area (Å²) in [5.74, 6) is -1.51. The van der Waals surface area contributed by atoms with Crippen molar-refractivity contribution in [2.75, 3.05) is 11.4 Å². The Bertz CT molecular complexity index is 1040. The lowest BCUT2D eigenvalue weighted by atomic mass is 10.0. The van der Waals surface area contributed by atoms with Crippen LogP contribution in [0.25, 0.3) is 0 Å². The average Bonchev–Trinajstić information content (AvgIpc) is 3.10. The van der Waals surface area contributed by atoms with E-state index in [4.69, 9.17) is 16.3 Å². The maximum Gasteiger partial charge on any atom is 0.345 e. The first kappa shape index (κ1) is 20.5. The molecule has 2 aromatic carbocycles. The minimum atomic E-state index is -1.15. The third-order valence-corrected chi connectivity index (χ3v) is 4.90. The number of hydrogen-bond donors (Lipinski definition) is 0. The molecule has 0 aliphatic carbocycles. The van der Waals surface area contributed by atoms with Crippen molar-refractivity contribution in [3.8, 4) is 0 Å². The molecule has 2 aromatic rings. The second kappa shape index (κ2) is 8.00. The van der Waals surface area contributed by atoms with Gasteiger partial charge in [0, 0.05) is 35.8 Å². The fraction of sp³-hybridized carbons (Fsp3) is 0.250. The Kier molecular flexibility index (Phi) is 5.65. The number of Topliss-reactive ketones (excluding diaryl/α,β-unsaturated/α-hetero) is 1. The number of nitrogens with zero attached hydrogens (tertiary/aromatic N) is 2. The molecule has 0 bridgehead atoms. The number of fused-ring (bicyclic) bond motifs is 1. The van der Waals surface area contributed by atoms with Gasteiger partial charge < -0.3 is 9.64 Å². The van der Waals surface area contributed by atoms with Gasteiger partial charge >= 0.3 is 5.97 Å². The van der Waals surface area contributed by atoms with E-state index in [1.165, 1.54) is 26.0 Å². The van der Waals surface area contributed by atoms with Gasteiger partial charge in [-0.1, -0.05) is 11.6 Å². The molecule has 0 fully saturated rings. The Morgan fingerprint density at radius 3 is 2.59 bits per heavy atom. The molecule has 0 unspecified atom stereocenters. The van der Waals surface area contributed by atoms with Gasteiger partial charge in [-0.3, -0.25) is 19.7 Å². The standard InChI is InChI=1S/C20H17ClN2O6/c1-11(29-20(26)16-5-4-15(21)10-18(16)23(27)28)19(25)14-3-6-17-13(9-14)7-8-22(17)12(2)24/h3-6,9-11H,7-8H2,1-2H3/t11-/m0/s1. The summed E-state index contributed by atoms with van der Waals surface area (Å²) in [5, 5.41) is 11.3. The van der Waals surface area contributed by atoms with Crippen molar-refractivity contribution in [3.63, 3.8) is 0 Å². The van der Waals surface area contributed by atoms with Crippen LogP contribution in [-0.4, -0.2) is 35.2 Å². The maximum atomic E-state index is 12.7. The molecule has 150 valence electrons. The van der Waals surface area contributed by atoms with E-state index >= 15 is 0 Å². The predicted molar refractivity (Wildman–Crippen MR) is 105 cm³/mol. The van der Waals surface area contributed by atoms with Crippen molar-refractivity contribution in [2.45, 2.75) is 26.4 Å². The van der Waals surface area contributed by atoms with Crippen LogP contribution in [0.1, 0.15) is 40.1 Å². The van der Waals surface area contributed by atoms with Gasteiger partial charge in [0.05, 0.1) is 4.92 Å². The Morgan fingerprint density at radius 1 is 1.21 bits per heavy atom. The van der Waals surface area contributed by atoms with E-state index in [0.717, 1.165) is 17.3 Å². The zero-order valence-electron chi connectivity index (χ0n) is 15.7. The number of ketones is 1. The van der Waals surface area contributed by atoms with Crippen molar-refractivity contribution in [2.24, 2.45) is 0 Å². The van der Waals surface area contributed by atoms with Gasteiger partial charge in [0.15, 0.2) is 6.10 Å². The third-order valence-electron chi connectivity index (χ3n) is 4.67. The van der Waals surface area contributed by atoms with Crippen LogP contribution >= 0.6 is 11.6 Å². The Hall–Kier alpha value is -3.26. The molecule has 9 heteroatoms. The highest BCUT2D eigenvalue weighted by molar-refractivity contribution is 6.31. The highest BCUT2D eigenvalue weighted by Crippen LogP contribution is 2.30. The number of rotatable bonds is 5. The fourth-order valence-electron chi connectivity index (χ4n) is 3.22. The molecule has 1 amide bonds. The molecule has 0 N–H and O–H groups in total. The number of halogens is 1. The molecule has 1 aliphatic rings. The molecule has 0 saturated heterocycles. The van der Waals surface area contributed by atoms with Gasteiger partial charge in [-0.25, -0.2) is 4.79 Å². The summed E-state index contributed by atoms with van der Waals surface area (Å²) < 4.78 is 5.16. The summed E-state index contributed by atoms with van der Waals surface area (Å²) in [6, 6.07) is 8.50. The van der Waals surface area contributed by atoms with Crippen LogP contribution in [0.3, 0.4) is 0 Å². The first-order valence-electron chi connectivity index (χ1n) is 8.79. The number of benzene rings is 2.